The number of esters is 1. The molecule has 0 aliphatic heterocycles. The Bertz CT molecular complexity index is 629. The molecule has 0 fully saturated rings. The Morgan fingerprint density at radius 2 is 1.88 bits per heavy atom. The SMILES string of the molecule is COc1ccc(C=CC(=O)O)cc1OC(=O)CCCCC[Si](Cl)(Cl)Cl. The lowest BCUT2D eigenvalue weighted by molar-refractivity contribution is -0.134. The molecule has 0 aromatic heterocycles. The normalized spacial score (nSPS) is 11.5. The van der Waals surface area contributed by atoms with Gasteiger partial charge in [0.05, 0.1) is 7.11 Å². The van der Waals surface area contributed by atoms with Crippen molar-refractivity contribution in [1.29, 1.82) is 0 Å². The summed E-state index contributed by atoms with van der Waals surface area (Å²) in [5.41, 5.74) is 0.582. The minimum absolute atomic E-state index is 0.236. The number of ether oxygens (including phenoxy) is 2. The van der Waals surface area contributed by atoms with Gasteiger partial charge < -0.3 is 14.6 Å². The molecule has 0 saturated carbocycles. The van der Waals surface area contributed by atoms with Crippen molar-refractivity contribution in [2.45, 2.75) is 31.7 Å². The first-order chi connectivity index (χ1) is 11.7. The van der Waals surface area contributed by atoms with E-state index in [2.05, 4.69) is 0 Å². The largest absolute Gasteiger partial charge is 0.493 e. The maximum absolute atomic E-state index is 12.0. The average Bonchev–Trinajstić information content (AvgIpc) is 2.51. The molecule has 0 atom stereocenters. The first-order valence-corrected chi connectivity index (χ1v) is 12.8. The van der Waals surface area contributed by atoms with Crippen LogP contribution >= 0.6 is 33.2 Å². The van der Waals surface area contributed by atoms with Gasteiger partial charge in [0, 0.05) is 12.5 Å². The number of aliphatic carboxylic acids is 1. The second-order valence-electron chi connectivity index (χ2n) is 5.23. The van der Waals surface area contributed by atoms with E-state index in [-0.39, 0.29) is 12.2 Å². The zero-order valence-corrected chi connectivity index (χ0v) is 16.9. The van der Waals surface area contributed by atoms with Gasteiger partial charge >= 0.3 is 17.9 Å². The second-order valence-corrected chi connectivity index (χ2v) is 14.5. The number of carboxylic acid groups (broad SMARTS) is 1. The zero-order valence-electron chi connectivity index (χ0n) is 13.6. The summed E-state index contributed by atoms with van der Waals surface area (Å²) in [5, 5.41) is 8.66. The van der Waals surface area contributed by atoms with E-state index in [0.717, 1.165) is 18.9 Å². The summed E-state index contributed by atoms with van der Waals surface area (Å²) in [7, 11) is 1.46. The first-order valence-electron chi connectivity index (χ1n) is 7.58. The van der Waals surface area contributed by atoms with E-state index in [1.54, 1.807) is 18.2 Å². The number of unbranched alkanes of at least 4 members (excludes halogenated alkanes) is 2. The molecule has 25 heavy (non-hydrogen) atoms. The first kappa shape index (κ1) is 21.8. The molecule has 0 unspecified atom stereocenters. The van der Waals surface area contributed by atoms with Crippen LogP contribution in [0.1, 0.15) is 31.2 Å². The fraction of sp³-hybridized carbons (Fsp3) is 0.375. The molecule has 138 valence electrons. The summed E-state index contributed by atoms with van der Waals surface area (Å²) in [5.74, 6) is -0.826. The minimum atomic E-state index is -2.59. The number of carbonyl (C=O) groups is 2. The van der Waals surface area contributed by atoms with Gasteiger partial charge in [-0.05, 0) is 36.2 Å². The minimum Gasteiger partial charge on any atom is -0.493 e. The summed E-state index contributed by atoms with van der Waals surface area (Å²) in [4.78, 5) is 22.5. The molecule has 0 bridgehead atoms. The number of carboxylic acids is 1. The lowest BCUT2D eigenvalue weighted by atomic mass is 10.2. The van der Waals surface area contributed by atoms with Crippen molar-refractivity contribution in [3.63, 3.8) is 0 Å². The van der Waals surface area contributed by atoms with Gasteiger partial charge in [-0.2, -0.15) is 0 Å². The number of rotatable bonds is 10. The van der Waals surface area contributed by atoms with Gasteiger partial charge in [0.2, 0.25) is 0 Å². The van der Waals surface area contributed by atoms with Crippen LogP contribution in [-0.2, 0) is 9.59 Å². The lowest BCUT2D eigenvalue weighted by Crippen LogP contribution is -2.10. The van der Waals surface area contributed by atoms with Crippen LogP contribution in [0.5, 0.6) is 11.5 Å². The van der Waals surface area contributed by atoms with E-state index in [1.807, 2.05) is 0 Å². The third-order valence-corrected chi connectivity index (χ3v) is 5.79. The third-order valence-electron chi connectivity index (χ3n) is 3.17. The van der Waals surface area contributed by atoms with Crippen LogP contribution in [0.3, 0.4) is 0 Å². The van der Waals surface area contributed by atoms with E-state index >= 15 is 0 Å². The van der Waals surface area contributed by atoms with E-state index < -0.39 is 17.9 Å². The standard InChI is InChI=1S/C16H19Cl3O5Si/c1-23-13-8-6-12(7-9-15(20)21)11-14(13)24-16(22)5-3-2-4-10-25(17,18)19/h6-9,11H,2-5,10H2,1H3,(H,20,21). The van der Waals surface area contributed by atoms with Crippen LogP contribution in [0.2, 0.25) is 6.04 Å². The van der Waals surface area contributed by atoms with Gasteiger partial charge in [0.15, 0.2) is 11.5 Å². The van der Waals surface area contributed by atoms with Gasteiger partial charge in [-0.3, -0.25) is 4.79 Å². The lowest BCUT2D eigenvalue weighted by Gasteiger charge is -2.10. The van der Waals surface area contributed by atoms with Crippen molar-refractivity contribution in [3.8, 4) is 11.5 Å². The summed E-state index contributed by atoms with van der Waals surface area (Å²) in [6.07, 6.45) is 4.80. The monoisotopic (exact) mass is 424 g/mol. The molecule has 0 radical (unpaired) electrons. The Kier molecular flexibility index (Phi) is 9.35. The van der Waals surface area contributed by atoms with E-state index in [4.69, 9.17) is 47.8 Å². The fourth-order valence-corrected chi connectivity index (χ4v) is 3.84. The van der Waals surface area contributed by atoms with Crippen LogP contribution in [0.15, 0.2) is 24.3 Å². The Morgan fingerprint density at radius 1 is 1.16 bits per heavy atom. The number of benzene rings is 1. The average molecular weight is 426 g/mol. The highest BCUT2D eigenvalue weighted by Crippen LogP contribution is 2.30. The van der Waals surface area contributed by atoms with Crippen LogP contribution in [-0.4, -0.2) is 30.2 Å². The number of methoxy groups -OCH3 is 1. The topological polar surface area (TPSA) is 72.8 Å². The second kappa shape index (κ2) is 10.7. The number of hydrogen-bond acceptors (Lipinski definition) is 4. The number of carbonyl (C=O) groups excluding carboxylic acids is 1. The molecule has 1 aromatic carbocycles. The van der Waals surface area contributed by atoms with Crippen molar-refractivity contribution in [1.82, 2.24) is 0 Å². The van der Waals surface area contributed by atoms with Crippen LogP contribution in [0.25, 0.3) is 6.08 Å². The summed E-state index contributed by atoms with van der Waals surface area (Å²) < 4.78 is 10.5. The van der Waals surface area contributed by atoms with Crippen molar-refractivity contribution >= 4 is 57.3 Å². The molecule has 1 N–H and O–H groups in total. The predicted octanol–water partition coefficient (Wildman–Crippen LogP) is 4.91. The summed E-state index contributed by atoms with van der Waals surface area (Å²) >= 11 is 17.4. The van der Waals surface area contributed by atoms with E-state index in [0.29, 0.717) is 23.8 Å². The van der Waals surface area contributed by atoms with Gasteiger partial charge in [0.1, 0.15) is 0 Å². The van der Waals surface area contributed by atoms with Gasteiger partial charge in [-0.25, -0.2) is 4.79 Å². The number of hydrogen-bond donors (Lipinski definition) is 1. The third kappa shape index (κ3) is 9.74. The van der Waals surface area contributed by atoms with Crippen LogP contribution in [0, 0.1) is 0 Å². The highest BCUT2D eigenvalue weighted by Gasteiger charge is 2.23. The van der Waals surface area contributed by atoms with Gasteiger partial charge in [0.25, 0.3) is 0 Å². The molecular formula is C16H19Cl3O5Si. The summed E-state index contributed by atoms with van der Waals surface area (Å²) in [6, 6.07) is 2.79. The summed E-state index contributed by atoms with van der Waals surface area (Å²) in [6.45, 7) is 0. The van der Waals surface area contributed by atoms with Crippen LogP contribution < -0.4 is 9.47 Å². The zero-order chi connectivity index (χ0) is 18.9. The molecule has 0 aliphatic carbocycles. The molecule has 1 rings (SSSR count). The molecule has 0 saturated heterocycles. The van der Waals surface area contributed by atoms with E-state index in [9.17, 15) is 9.59 Å². The molecule has 0 spiro atoms. The Morgan fingerprint density at radius 3 is 2.48 bits per heavy atom. The molecule has 5 nitrogen and oxygen atoms in total. The van der Waals surface area contributed by atoms with Crippen molar-refractivity contribution in [2.75, 3.05) is 7.11 Å². The number of halogens is 3. The quantitative estimate of drug-likeness (QED) is 0.144. The fourth-order valence-electron chi connectivity index (χ4n) is 1.99. The Balaban J connectivity index is 2.57. The maximum Gasteiger partial charge on any atom is 0.341 e. The molecule has 9 heteroatoms. The molecule has 0 aliphatic rings. The van der Waals surface area contributed by atoms with Gasteiger partial charge in [-0.1, -0.05) is 18.9 Å². The predicted molar refractivity (Wildman–Crippen MR) is 102 cm³/mol. The molecule has 0 amide bonds. The molecular weight excluding hydrogens is 407 g/mol. The Hall–Kier alpha value is -1.21. The van der Waals surface area contributed by atoms with Crippen molar-refractivity contribution in [3.05, 3.63) is 29.8 Å². The Labute approximate surface area is 161 Å². The molecule has 0 heterocycles. The van der Waals surface area contributed by atoms with E-state index in [1.165, 1.54) is 13.2 Å². The molecule has 1 aromatic rings. The van der Waals surface area contributed by atoms with Crippen LogP contribution in [0.4, 0.5) is 0 Å². The van der Waals surface area contributed by atoms with Crippen molar-refractivity contribution in [2.24, 2.45) is 0 Å². The van der Waals surface area contributed by atoms with Gasteiger partial charge in [-0.15, -0.1) is 33.2 Å². The highest BCUT2D eigenvalue weighted by atomic mass is 35.8. The maximum atomic E-state index is 12.0. The smallest absolute Gasteiger partial charge is 0.341 e. The highest BCUT2D eigenvalue weighted by molar-refractivity contribution is 7.64. The van der Waals surface area contributed by atoms with Crippen molar-refractivity contribution < 1.29 is 24.2 Å².